The maximum atomic E-state index is 12.5. The molecule has 0 aromatic heterocycles. The van der Waals surface area contributed by atoms with Crippen LogP contribution in [0.2, 0.25) is 0 Å². The first-order valence-electron chi connectivity index (χ1n) is 8.47. The van der Waals surface area contributed by atoms with Crippen molar-refractivity contribution in [2.24, 2.45) is 5.92 Å². The molecule has 2 aromatic rings. The lowest BCUT2D eigenvalue weighted by Gasteiger charge is -2.18. The van der Waals surface area contributed by atoms with Gasteiger partial charge in [0.2, 0.25) is 6.79 Å². The zero-order valence-corrected chi connectivity index (χ0v) is 15.2. The number of rotatable bonds is 5. The topological polar surface area (TPSA) is 71.1 Å². The van der Waals surface area contributed by atoms with E-state index < -0.39 is 16.2 Å². The van der Waals surface area contributed by atoms with E-state index in [9.17, 15) is 8.42 Å². The van der Waals surface area contributed by atoms with Gasteiger partial charge >= 0.3 is 0 Å². The highest BCUT2D eigenvalue weighted by Gasteiger charge is 2.34. The van der Waals surface area contributed by atoms with Crippen LogP contribution in [0.3, 0.4) is 0 Å². The third-order valence-electron chi connectivity index (χ3n) is 4.63. The third-order valence-corrected chi connectivity index (χ3v) is 5.98. The Morgan fingerprint density at radius 1 is 1.04 bits per heavy atom. The Hall–Kier alpha value is -2.09. The van der Waals surface area contributed by atoms with Gasteiger partial charge in [-0.05, 0) is 43.2 Å². The highest BCUT2D eigenvalue weighted by Crippen LogP contribution is 2.34. The Morgan fingerprint density at radius 3 is 2.62 bits per heavy atom. The van der Waals surface area contributed by atoms with Crippen LogP contribution in [0.5, 0.6) is 11.5 Å². The number of benzene rings is 2. The molecule has 0 unspecified atom stereocenters. The summed E-state index contributed by atoms with van der Waals surface area (Å²) in [6, 6.07) is 12.4. The highest BCUT2D eigenvalue weighted by atomic mass is 32.2. The van der Waals surface area contributed by atoms with Gasteiger partial charge < -0.3 is 14.2 Å². The first-order chi connectivity index (χ1) is 12.5. The minimum Gasteiger partial charge on any atom is -0.454 e. The van der Waals surface area contributed by atoms with Crippen molar-refractivity contribution in [3.8, 4) is 11.5 Å². The molecule has 2 atom stereocenters. The molecule has 4 rings (SSSR count). The number of fused-ring (bicyclic) bond motifs is 1. The molecule has 7 heteroatoms. The van der Waals surface area contributed by atoms with Gasteiger partial charge in [-0.1, -0.05) is 23.8 Å². The normalized spacial score (nSPS) is 21.9. The highest BCUT2D eigenvalue weighted by molar-refractivity contribution is 7.86. The van der Waals surface area contributed by atoms with E-state index in [1.54, 1.807) is 24.3 Å². The van der Waals surface area contributed by atoms with Crippen LogP contribution >= 0.6 is 0 Å². The van der Waals surface area contributed by atoms with Crippen LogP contribution in [0.4, 0.5) is 0 Å². The smallest absolute Gasteiger partial charge is 0.297 e. The molecule has 138 valence electrons. The standard InChI is InChI=1S/C19H20O6S/c1-13-2-5-16(6-3-13)26(20,21)25-19-11-22-10-15(19)8-14-4-7-17-18(9-14)24-12-23-17/h2-7,9,15,19H,8,10-12H2,1H3/t15-,19+/m0/s1. The molecule has 0 N–H and O–H groups in total. The Labute approximate surface area is 152 Å². The van der Waals surface area contributed by atoms with Crippen LogP contribution < -0.4 is 9.47 Å². The average Bonchev–Trinajstić information content (AvgIpc) is 3.24. The SMILES string of the molecule is Cc1ccc(S(=O)(=O)O[C@@H]2COC[C@@H]2Cc2ccc3c(c2)OCO3)cc1. The molecule has 1 fully saturated rings. The third kappa shape index (κ3) is 3.56. The van der Waals surface area contributed by atoms with Gasteiger partial charge in [0.25, 0.3) is 10.1 Å². The van der Waals surface area contributed by atoms with E-state index in [-0.39, 0.29) is 24.2 Å². The van der Waals surface area contributed by atoms with Gasteiger partial charge in [0.1, 0.15) is 6.10 Å². The molecular weight excluding hydrogens is 356 g/mol. The van der Waals surface area contributed by atoms with Crippen LogP contribution in [-0.4, -0.2) is 34.5 Å². The van der Waals surface area contributed by atoms with E-state index >= 15 is 0 Å². The fraction of sp³-hybridized carbons (Fsp3) is 0.368. The van der Waals surface area contributed by atoms with E-state index in [1.165, 1.54) is 0 Å². The summed E-state index contributed by atoms with van der Waals surface area (Å²) in [7, 11) is -3.82. The van der Waals surface area contributed by atoms with E-state index in [2.05, 4.69) is 0 Å². The Morgan fingerprint density at radius 2 is 1.81 bits per heavy atom. The van der Waals surface area contributed by atoms with Gasteiger partial charge in [0.15, 0.2) is 11.5 Å². The second-order valence-electron chi connectivity index (χ2n) is 6.59. The zero-order valence-electron chi connectivity index (χ0n) is 14.4. The quantitative estimate of drug-likeness (QED) is 0.747. The van der Waals surface area contributed by atoms with Gasteiger partial charge in [-0.15, -0.1) is 0 Å². The van der Waals surface area contributed by atoms with E-state index in [0.717, 1.165) is 16.9 Å². The molecule has 2 aliphatic rings. The van der Waals surface area contributed by atoms with Crippen LogP contribution in [0.15, 0.2) is 47.4 Å². The van der Waals surface area contributed by atoms with Crippen molar-refractivity contribution < 1.29 is 26.8 Å². The summed E-state index contributed by atoms with van der Waals surface area (Å²) < 4.78 is 46.8. The summed E-state index contributed by atoms with van der Waals surface area (Å²) in [4.78, 5) is 0.164. The number of ether oxygens (including phenoxy) is 3. The maximum Gasteiger partial charge on any atom is 0.297 e. The fourth-order valence-corrected chi connectivity index (χ4v) is 4.29. The fourth-order valence-electron chi connectivity index (χ4n) is 3.17. The van der Waals surface area contributed by atoms with Crippen LogP contribution in [0.1, 0.15) is 11.1 Å². The molecule has 0 radical (unpaired) electrons. The molecule has 0 spiro atoms. The van der Waals surface area contributed by atoms with Crippen LogP contribution in [0.25, 0.3) is 0 Å². The van der Waals surface area contributed by atoms with E-state index in [0.29, 0.717) is 18.8 Å². The predicted molar refractivity (Wildman–Crippen MR) is 93.8 cm³/mol. The van der Waals surface area contributed by atoms with Crippen molar-refractivity contribution in [1.82, 2.24) is 0 Å². The van der Waals surface area contributed by atoms with Crippen molar-refractivity contribution >= 4 is 10.1 Å². The lowest BCUT2D eigenvalue weighted by Crippen LogP contribution is -2.27. The molecule has 2 heterocycles. The first kappa shape index (κ1) is 17.3. The number of aryl methyl sites for hydroxylation is 1. The second kappa shape index (κ2) is 6.90. The van der Waals surface area contributed by atoms with Crippen molar-refractivity contribution in [2.75, 3.05) is 20.0 Å². The Bertz CT molecular complexity index is 891. The van der Waals surface area contributed by atoms with Crippen LogP contribution in [0, 0.1) is 12.8 Å². The zero-order chi connectivity index (χ0) is 18.1. The van der Waals surface area contributed by atoms with Gasteiger partial charge in [0.05, 0.1) is 18.1 Å². The Kier molecular flexibility index (Phi) is 4.60. The van der Waals surface area contributed by atoms with Crippen LogP contribution in [-0.2, 0) is 25.5 Å². The molecule has 26 heavy (non-hydrogen) atoms. The molecular formula is C19H20O6S. The number of hydrogen-bond acceptors (Lipinski definition) is 6. The van der Waals surface area contributed by atoms with Gasteiger partial charge in [-0.25, -0.2) is 0 Å². The van der Waals surface area contributed by atoms with Crippen molar-refractivity contribution in [1.29, 1.82) is 0 Å². The molecule has 1 saturated heterocycles. The molecule has 6 nitrogen and oxygen atoms in total. The molecule has 2 aromatic carbocycles. The number of hydrogen-bond donors (Lipinski definition) is 0. The summed E-state index contributed by atoms with van der Waals surface area (Å²) in [5, 5.41) is 0. The summed E-state index contributed by atoms with van der Waals surface area (Å²) in [5.41, 5.74) is 2.03. The summed E-state index contributed by atoms with van der Waals surface area (Å²) in [6.07, 6.45) is 0.136. The summed E-state index contributed by atoms with van der Waals surface area (Å²) in [6.45, 7) is 2.86. The van der Waals surface area contributed by atoms with Gasteiger partial charge in [-0.3, -0.25) is 4.18 Å². The molecule has 0 saturated carbocycles. The summed E-state index contributed by atoms with van der Waals surface area (Å²) in [5.74, 6) is 1.40. The molecule has 0 bridgehead atoms. The summed E-state index contributed by atoms with van der Waals surface area (Å²) >= 11 is 0. The maximum absolute atomic E-state index is 12.5. The van der Waals surface area contributed by atoms with Gasteiger partial charge in [0, 0.05) is 5.92 Å². The average molecular weight is 376 g/mol. The van der Waals surface area contributed by atoms with E-state index in [1.807, 2.05) is 25.1 Å². The van der Waals surface area contributed by atoms with Crippen molar-refractivity contribution in [2.45, 2.75) is 24.3 Å². The lowest BCUT2D eigenvalue weighted by atomic mass is 9.96. The molecule has 0 amide bonds. The van der Waals surface area contributed by atoms with Crippen molar-refractivity contribution in [3.63, 3.8) is 0 Å². The van der Waals surface area contributed by atoms with E-state index in [4.69, 9.17) is 18.4 Å². The minimum absolute atomic E-state index is 0.0457. The Balaban J connectivity index is 1.47. The molecule has 2 aliphatic heterocycles. The largest absolute Gasteiger partial charge is 0.454 e. The van der Waals surface area contributed by atoms with Gasteiger partial charge in [-0.2, -0.15) is 8.42 Å². The predicted octanol–water partition coefficient (Wildman–Crippen LogP) is 2.69. The lowest BCUT2D eigenvalue weighted by molar-refractivity contribution is 0.142. The first-order valence-corrected chi connectivity index (χ1v) is 9.88. The molecule has 0 aliphatic carbocycles. The minimum atomic E-state index is -3.82. The van der Waals surface area contributed by atoms with Crippen molar-refractivity contribution in [3.05, 3.63) is 53.6 Å². The monoisotopic (exact) mass is 376 g/mol. The second-order valence-corrected chi connectivity index (χ2v) is 8.16.